The maximum absolute atomic E-state index is 13.9. The van der Waals surface area contributed by atoms with E-state index in [4.69, 9.17) is 4.74 Å². The zero-order chi connectivity index (χ0) is 16.8. The normalized spacial score (nSPS) is 11.6. The van der Waals surface area contributed by atoms with Crippen LogP contribution in [-0.4, -0.2) is 25.5 Å². The van der Waals surface area contributed by atoms with Gasteiger partial charge in [-0.2, -0.15) is 11.3 Å². The molecule has 0 radical (unpaired) electrons. The van der Waals surface area contributed by atoms with Crippen LogP contribution in [0.1, 0.15) is 28.9 Å². The number of hydrogen-bond acceptors (Lipinski definition) is 4. The van der Waals surface area contributed by atoms with E-state index in [1.54, 1.807) is 29.8 Å². The lowest BCUT2D eigenvalue weighted by Gasteiger charge is -2.18. The molecule has 1 aromatic heterocycles. The van der Waals surface area contributed by atoms with Crippen LogP contribution in [0, 0.1) is 5.82 Å². The predicted octanol–water partition coefficient (Wildman–Crippen LogP) is 2.50. The van der Waals surface area contributed by atoms with Crippen LogP contribution in [0.2, 0.25) is 0 Å². The van der Waals surface area contributed by atoms with E-state index in [0.29, 0.717) is 11.3 Å². The maximum atomic E-state index is 13.9. The standard InChI is InChI=1S/C16H17FN2O3S/c1-10(15-12(17)4-3-5-13(15)22-2)19-14(20)8-18-16(21)11-6-7-23-9-11/h3-7,9-10H,8H2,1-2H3,(H,18,21)(H,19,20). The van der Waals surface area contributed by atoms with E-state index in [1.165, 1.54) is 30.6 Å². The number of nitrogens with one attached hydrogen (secondary N) is 2. The van der Waals surface area contributed by atoms with Crippen molar-refractivity contribution in [2.24, 2.45) is 0 Å². The molecule has 0 aliphatic rings. The van der Waals surface area contributed by atoms with Gasteiger partial charge in [0.25, 0.3) is 5.91 Å². The molecule has 23 heavy (non-hydrogen) atoms. The molecule has 0 aliphatic carbocycles. The molecule has 122 valence electrons. The van der Waals surface area contributed by atoms with Crippen molar-refractivity contribution in [3.63, 3.8) is 0 Å². The summed E-state index contributed by atoms with van der Waals surface area (Å²) in [6.45, 7) is 1.47. The summed E-state index contributed by atoms with van der Waals surface area (Å²) in [6.07, 6.45) is 0. The first-order valence-electron chi connectivity index (χ1n) is 6.95. The Morgan fingerprint density at radius 3 is 2.78 bits per heavy atom. The summed E-state index contributed by atoms with van der Waals surface area (Å²) >= 11 is 1.40. The summed E-state index contributed by atoms with van der Waals surface area (Å²) in [5, 5.41) is 8.63. The SMILES string of the molecule is COc1cccc(F)c1C(C)NC(=O)CNC(=O)c1ccsc1. The molecule has 2 N–H and O–H groups in total. The minimum atomic E-state index is -0.586. The Kier molecular flexibility index (Phi) is 5.70. The average molecular weight is 336 g/mol. The Bertz CT molecular complexity index is 689. The minimum absolute atomic E-state index is 0.185. The number of halogens is 1. The van der Waals surface area contributed by atoms with Crippen LogP contribution in [0.25, 0.3) is 0 Å². The summed E-state index contributed by atoms with van der Waals surface area (Å²) in [5.41, 5.74) is 0.777. The average Bonchev–Trinajstić information content (AvgIpc) is 3.06. The van der Waals surface area contributed by atoms with Crippen molar-refractivity contribution in [2.45, 2.75) is 13.0 Å². The third kappa shape index (κ3) is 4.29. The third-order valence-electron chi connectivity index (χ3n) is 3.24. The fraction of sp³-hybridized carbons (Fsp3) is 0.250. The van der Waals surface area contributed by atoms with Crippen molar-refractivity contribution in [1.29, 1.82) is 0 Å². The second-order valence-electron chi connectivity index (χ2n) is 4.84. The predicted molar refractivity (Wildman–Crippen MR) is 86.2 cm³/mol. The topological polar surface area (TPSA) is 67.4 Å². The van der Waals surface area contributed by atoms with Crippen molar-refractivity contribution in [2.75, 3.05) is 13.7 Å². The number of rotatable bonds is 6. The molecule has 2 aromatic rings. The Morgan fingerprint density at radius 1 is 1.35 bits per heavy atom. The van der Waals surface area contributed by atoms with Gasteiger partial charge in [0.2, 0.25) is 5.91 Å². The lowest BCUT2D eigenvalue weighted by Crippen LogP contribution is -2.38. The molecule has 1 aromatic carbocycles. The fourth-order valence-electron chi connectivity index (χ4n) is 2.14. The first-order valence-corrected chi connectivity index (χ1v) is 7.89. The number of benzene rings is 1. The number of amides is 2. The Balaban J connectivity index is 1.94. The van der Waals surface area contributed by atoms with Crippen LogP contribution >= 0.6 is 11.3 Å². The van der Waals surface area contributed by atoms with Crippen LogP contribution in [0.3, 0.4) is 0 Å². The van der Waals surface area contributed by atoms with E-state index in [-0.39, 0.29) is 18.0 Å². The van der Waals surface area contributed by atoms with Crippen LogP contribution in [0.4, 0.5) is 4.39 Å². The molecule has 0 saturated heterocycles. The molecule has 0 saturated carbocycles. The van der Waals surface area contributed by atoms with E-state index in [0.717, 1.165) is 0 Å². The van der Waals surface area contributed by atoms with Gasteiger partial charge in [0, 0.05) is 10.9 Å². The van der Waals surface area contributed by atoms with Gasteiger partial charge >= 0.3 is 0 Å². The van der Waals surface area contributed by atoms with Crippen LogP contribution in [0.5, 0.6) is 5.75 Å². The molecule has 0 fully saturated rings. The number of carbonyl (C=O) groups is 2. The van der Waals surface area contributed by atoms with Crippen molar-refractivity contribution >= 4 is 23.2 Å². The Labute approximate surface area is 137 Å². The summed E-state index contributed by atoms with van der Waals surface area (Å²) in [5.74, 6) is -0.830. The van der Waals surface area contributed by atoms with E-state index < -0.39 is 17.8 Å². The quantitative estimate of drug-likeness (QED) is 0.852. The molecule has 1 unspecified atom stereocenters. The molecule has 2 rings (SSSR count). The summed E-state index contributed by atoms with van der Waals surface area (Å²) in [7, 11) is 1.44. The van der Waals surface area contributed by atoms with Gasteiger partial charge in [-0.1, -0.05) is 6.07 Å². The summed E-state index contributed by atoms with van der Waals surface area (Å²) in [6, 6.07) is 5.55. The highest BCUT2D eigenvalue weighted by Crippen LogP contribution is 2.27. The van der Waals surface area contributed by atoms with E-state index in [1.807, 2.05) is 0 Å². The van der Waals surface area contributed by atoms with Gasteiger partial charge in [-0.3, -0.25) is 9.59 Å². The fourth-order valence-corrected chi connectivity index (χ4v) is 2.77. The maximum Gasteiger partial charge on any atom is 0.252 e. The van der Waals surface area contributed by atoms with Crippen LogP contribution in [-0.2, 0) is 4.79 Å². The summed E-state index contributed by atoms with van der Waals surface area (Å²) < 4.78 is 19.1. The van der Waals surface area contributed by atoms with Gasteiger partial charge < -0.3 is 15.4 Å². The van der Waals surface area contributed by atoms with Crippen molar-refractivity contribution in [3.05, 3.63) is 52.0 Å². The second kappa shape index (κ2) is 7.73. The molecule has 1 heterocycles. The first-order chi connectivity index (χ1) is 11.0. The largest absolute Gasteiger partial charge is 0.496 e. The van der Waals surface area contributed by atoms with Crippen molar-refractivity contribution < 1.29 is 18.7 Å². The minimum Gasteiger partial charge on any atom is -0.496 e. The van der Waals surface area contributed by atoms with E-state index >= 15 is 0 Å². The smallest absolute Gasteiger partial charge is 0.252 e. The highest BCUT2D eigenvalue weighted by atomic mass is 32.1. The van der Waals surface area contributed by atoms with Gasteiger partial charge in [-0.05, 0) is 30.5 Å². The molecule has 7 heteroatoms. The van der Waals surface area contributed by atoms with Crippen LogP contribution in [0.15, 0.2) is 35.0 Å². The monoisotopic (exact) mass is 336 g/mol. The zero-order valence-corrected chi connectivity index (χ0v) is 13.6. The molecule has 1 atom stereocenters. The number of thiophene rings is 1. The summed E-state index contributed by atoms with van der Waals surface area (Å²) in [4.78, 5) is 23.7. The Hall–Kier alpha value is -2.41. The highest BCUT2D eigenvalue weighted by Gasteiger charge is 2.18. The lowest BCUT2D eigenvalue weighted by molar-refractivity contribution is -0.120. The first kappa shape index (κ1) is 17.0. The third-order valence-corrected chi connectivity index (χ3v) is 3.92. The highest BCUT2D eigenvalue weighted by molar-refractivity contribution is 7.08. The van der Waals surface area contributed by atoms with Crippen molar-refractivity contribution in [3.8, 4) is 5.75 Å². The van der Waals surface area contributed by atoms with Gasteiger partial charge in [-0.25, -0.2) is 4.39 Å². The number of hydrogen-bond donors (Lipinski definition) is 2. The molecule has 2 amide bonds. The molecule has 0 bridgehead atoms. The van der Waals surface area contributed by atoms with E-state index in [9.17, 15) is 14.0 Å². The van der Waals surface area contributed by atoms with Gasteiger partial charge in [-0.15, -0.1) is 0 Å². The Morgan fingerprint density at radius 2 is 2.13 bits per heavy atom. The molecular weight excluding hydrogens is 319 g/mol. The molecule has 0 aliphatic heterocycles. The number of ether oxygens (including phenoxy) is 1. The molecule has 5 nitrogen and oxygen atoms in total. The van der Waals surface area contributed by atoms with Gasteiger partial charge in [0.15, 0.2) is 0 Å². The van der Waals surface area contributed by atoms with Gasteiger partial charge in [0.1, 0.15) is 11.6 Å². The van der Waals surface area contributed by atoms with Gasteiger partial charge in [0.05, 0.1) is 25.3 Å². The van der Waals surface area contributed by atoms with Crippen LogP contribution < -0.4 is 15.4 Å². The van der Waals surface area contributed by atoms with E-state index in [2.05, 4.69) is 10.6 Å². The number of methoxy groups -OCH3 is 1. The van der Waals surface area contributed by atoms with Crippen molar-refractivity contribution in [1.82, 2.24) is 10.6 Å². The molecule has 0 spiro atoms. The zero-order valence-electron chi connectivity index (χ0n) is 12.8. The number of carbonyl (C=O) groups excluding carboxylic acids is 2. The second-order valence-corrected chi connectivity index (χ2v) is 5.62. The molecular formula is C16H17FN2O3S. The lowest BCUT2D eigenvalue weighted by atomic mass is 10.1.